The lowest BCUT2D eigenvalue weighted by atomic mass is 10.2. The van der Waals surface area contributed by atoms with Gasteiger partial charge in [-0.1, -0.05) is 30.3 Å². The highest BCUT2D eigenvalue weighted by Crippen LogP contribution is 2.30. The molecular weight excluding hydrogens is 406 g/mol. The summed E-state index contributed by atoms with van der Waals surface area (Å²) in [5.74, 6) is 0.135. The first kappa shape index (κ1) is 19.9. The molecule has 1 fully saturated rings. The van der Waals surface area contributed by atoms with Crippen LogP contribution in [0.2, 0.25) is 0 Å². The van der Waals surface area contributed by atoms with E-state index in [1.165, 1.54) is 11.1 Å². The predicted molar refractivity (Wildman–Crippen MR) is 123 cm³/mol. The number of hydrogen-bond donors (Lipinski definition) is 0. The molecule has 0 saturated carbocycles. The highest BCUT2D eigenvalue weighted by molar-refractivity contribution is 7.20. The zero-order chi connectivity index (χ0) is 21.2. The summed E-state index contributed by atoms with van der Waals surface area (Å²) in [5.41, 5.74) is 3.44. The second-order valence-electron chi connectivity index (χ2n) is 7.98. The Balaban J connectivity index is 1.27. The van der Waals surface area contributed by atoms with Gasteiger partial charge in [-0.05, 0) is 36.2 Å². The van der Waals surface area contributed by atoms with E-state index in [0.29, 0.717) is 6.54 Å². The molecule has 4 aromatic rings. The number of pyridine rings is 1. The number of thiophene rings is 1. The number of hydrogen-bond acceptors (Lipinski definition) is 5. The van der Waals surface area contributed by atoms with E-state index in [2.05, 4.69) is 34.1 Å². The Kier molecular flexibility index (Phi) is 5.53. The summed E-state index contributed by atoms with van der Waals surface area (Å²) in [7, 11) is 0. The van der Waals surface area contributed by atoms with Crippen molar-refractivity contribution in [2.45, 2.75) is 20.0 Å². The molecular formula is C24H25N5OS. The Hall–Kier alpha value is -3.03. The Morgan fingerprint density at radius 2 is 1.68 bits per heavy atom. The van der Waals surface area contributed by atoms with E-state index >= 15 is 0 Å². The molecule has 158 valence electrons. The quantitative estimate of drug-likeness (QED) is 0.482. The Morgan fingerprint density at radius 3 is 2.42 bits per heavy atom. The van der Waals surface area contributed by atoms with Crippen LogP contribution in [-0.2, 0) is 13.1 Å². The molecule has 7 heteroatoms. The van der Waals surface area contributed by atoms with Gasteiger partial charge in [0.15, 0.2) is 0 Å². The summed E-state index contributed by atoms with van der Waals surface area (Å²) in [5, 5.41) is 5.78. The molecule has 0 aliphatic carbocycles. The molecule has 6 nitrogen and oxygen atoms in total. The normalized spacial score (nSPS) is 14.9. The predicted octanol–water partition coefficient (Wildman–Crippen LogP) is 3.81. The van der Waals surface area contributed by atoms with E-state index in [1.54, 1.807) is 11.3 Å². The van der Waals surface area contributed by atoms with E-state index in [4.69, 9.17) is 5.10 Å². The molecule has 4 heterocycles. The van der Waals surface area contributed by atoms with Gasteiger partial charge in [0, 0.05) is 50.5 Å². The molecule has 0 spiro atoms. The maximum atomic E-state index is 13.2. The molecule has 3 aromatic heterocycles. The van der Waals surface area contributed by atoms with Gasteiger partial charge in [0.1, 0.15) is 4.83 Å². The maximum Gasteiger partial charge on any atom is 0.264 e. The Bertz CT molecular complexity index is 1180. The van der Waals surface area contributed by atoms with Crippen LogP contribution in [0, 0.1) is 6.92 Å². The second-order valence-corrected chi connectivity index (χ2v) is 9.01. The molecule has 5 rings (SSSR count). The number of aromatic nitrogens is 3. The zero-order valence-corrected chi connectivity index (χ0v) is 18.4. The number of nitrogens with zero attached hydrogens (tertiary/aromatic N) is 5. The van der Waals surface area contributed by atoms with Crippen LogP contribution in [0.15, 0.2) is 60.9 Å². The molecule has 31 heavy (non-hydrogen) atoms. The number of aryl methyl sites for hydroxylation is 1. The minimum atomic E-state index is 0.135. The van der Waals surface area contributed by atoms with Crippen LogP contribution in [0.25, 0.3) is 10.2 Å². The molecule has 0 radical (unpaired) electrons. The van der Waals surface area contributed by atoms with Crippen LogP contribution < -0.4 is 0 Å². The van der Waals surface area contributed by atoms with Crippen molar-refractivity contribution in [2.24, 2.45) is 0 Å². The fourth-order valence-corrected chi connectivity index (χ4v) is 5.22. The number of amides is 1. The average Bonchev–Trinajstić information content (AvgIpc) is 3.36. The van der Waals surface area contributed by atoms with Crippen LogP contribution in [-0.4, -0.2) is 56.7 Å². The highest BCUT2D eigenvalue weighted by Gasteiger charge is 2.25. The van der Waals surface area contributed by atoms with Gasteiger partial charge < -0.3 is 4.90 Å². The van der Waals surface area contributed by atoms with Gasteiger partial charge >= 0.3 is 0 Å². The van der Waals surface area contributed by atoms with Crippen molar-refractivity contribution >= 4 is 27.5 Å². The van der Waals surface area contributed by atoms with Gasteiger partial charge in [0.2, 0.25) is 0 Å². The first-order valence-corrected chi connectivity index (χ1v) is 11.4. The van der Waals surface area contributed by atoms with Gasteiger partial charge in [-0.3, -0.25) is 19.4 Å². The minimum absolute atomic E-state index is 0.135. The standard InChI is InChI=1S/C24H25N5OS/c1-18-21-15-22(31-24(21)29(26-18)17-19-5-3-2-4-6-19)23(30)28-13-11-27(12-14-28)16-20-7-9-25-10-8-20/h2-10,15H,11-14,16-17H2,1H3. The first-order valence-electron chi connectivity index (χ1n) is 10.6. The Labute approximate surface area is 185 Å². The number of carbonyl (C=O) groups is 1. The summed E-state index contributed by atoms with van der Waals surface area (Å²) in [6.07, 6.45) is 3.66. The molecule has 0 atom stereocenters. The highest BCUT2D eigenvalue weighted by atomic mass is 32.1. The zero-order valence-electron chi connectivity index (χ0n) is 17.6. The summed E-state index contributed by atoms with van der Waals surface area (Å²) >= 11 is 1.56. The summed E-state index contributed by atoms with van der Waals surface area (Å²) in [6, 6.07) is 16.4. The van der Waals surface area contributed by atoms with Crippen LogP contribution in [0.1, 0.15) is 26.5 Å². The molecule has 0 bridgehead atoms. The monoisotopic (exact) mass is 431 g/mol. The van der Waals surface area contributed by atoms with Crippen LogP contribution >= 0.6 is 11.3 Å². The van der Waals surface area contributed by atoms with Crippen molar-refractivity contribution < 1.29 is 4.79 Å². The van der Waals surface area contributed by atoms with Crippen molar-refractivity contribution in [3.63, 3.8) is 0 Å². The third kappa shape index (κ3) is 4.24. The number of benzene rings is 1. The molecule has 1 aromatic carbocycles. The summed E-state index contributed by atoms with van der Waals surface area (Å²) in [6.45, 7) is 6.93. The van der Waals surface area contributed by atoms with E-state index in [0.717, 1.165) is 53.5 Å². The van der Waals surface area contributed by atoms with E-state index < -0.39 is 0 Å². The lowest BCUT2D eigenvalue weighted by Gasteiger charge is -2.34. The number of fused-ring (bicyclic) bond motifs is 1. The van der Waals surface area contributed by atoms with E-state index in [-0.39, 0.29) is 5.91 Å². The van der Waals surface area contributed by atoms with Gasteiger partial charge in [-0.15, -0.1) is 11.3 Å². The minimum Gasteiger partial charge on any atom is -0.335 e. The SMILES string of the molecule is Cc1nn(Cc2ccccc2)c2sc(C(=O)N3CCN(Cc4ccncc4)CC3)cc12. The lowest BCUT2D eigenvalue weighted by molar-refractivity contribution is 0.0633. The number of rotatable bonds is 5. The van der Waals surface area contributed by atoms with Crippen molar-refractivity contribution in [2.75, 3.05) is 26.2 Å². The van der Waals surface area contributed by atoms with E-state index in [1.807, 2.05) is 53.2 Å². The van der Waals surface area contributed by atoms with Crippen molar-refractivity contribution in [1.82, 2.24) is 24.6 Å². The maximum absolute atomic E-state index is 13.2. The van der Waals surface area contributed by atoms with Crippen molar-refractivity contribution in [3.8, 4) is 0 Å². The fraction of sp³-hybridized carbons (Fsp3) is 0.292. The van der Waals surface area contributed by atoms with Gasteiger partial charge in [-0.2, -0.15) is 5.10 Å². The Morgan fingerprint density at radius 1 is 0.968 bits per heavy atom. The summed E-state index contributed by atoms with van der Waals surface area (Å²) in [4.78, 5) is 23.5. The van der Waals surface area contributed by atoms with Crippen LogP contribution in [0.4, 0.5) is 0 Å². The topological polar surface area (TPSA) is 54.3 Å². The molecule has 0 unspecified atom stereocenters. The van der Waals surface area contributed by atoms with Gasteiger partial charge in [0.25, 0.3) is 5.91 Å². The second kappa shape index (κ2) is 8.61. The average molecular weight is 432 g/mol. The first-order chi connectivity index (χ1) is 15.2. The van der Waals surface area contributed by atoms with Crippen LogP contribution in [0.5, 0.6) is 0 Å². The third-order valence-corrected chi connectivity index (χ3v) is 6.94. The molecule has 1 aliphatic rings. The molecule has 1 amide bonds. The lowest BCUT2D eigenvalue weighted by Crippen LogP contribution is -2.48. The number of piperazine rings is 1. The fourth-order valence-electron chi connectivity index (χ4n) is 4.09. The van der Waals surface area contributed by atoms with Gasteiger partial charge in [-0.25, -0.2) is 0 Å². The number of carbonyl (C=O) groups excluding carboxylic acids is 1. The molecule has 1 aliphatic heterocycles. The summed E-state index contributed by atoms with van der Waals surface area (Å²) < 4.78 is 2.02. The van der Waals surface area contributed by atoms with Crippen molar-refractivity contribution in [3.05, 3.63) is 82.6 Å². The van der Waals surface area contributed by atoms with E-state index in [9.17, 15) is 4.79 Å². The third-order valence-electron chi connectivity index (χ3n) is 5.81. The smallest absolute Gasteiger partial charge is 0.264 e. The molecule has 0 N–H and O–H groups in total. The molecule has 1 saturated heterocycles. The van der Waals surface area contributed by atoms with Crippen molar-refractivity contribution in [1.29, 1.82) is 0 Å². The van der Waals surface area contributed by atoms with Gasteiger partial charge in [0.05, 0.1) is 17.1 Å². The van der Waals surface area contributed by atoms with Crippen LogP contribution in [0.3, 0.4) is 0 Å². The largest absolute Gasteiger partial charge is 0.335 e.